The monoisotopic (exact) mass is 341 g/mol. The van der Waals surface area contributed by atoms with E-state index in [1.165, 1.54) is 6.92 Å². The van der Waals surface area contributed by atoms with Crippen LogP contribution in [-0.2, 0) is 4.79 Å². The van der Waals surface area contributed by atoms with Crippen LogP contribution in [0.5, 0.6) is 0 Å². The molecule has 1 atom stereocenters. The van der Waals surface area contributed by atoms with Gasteiger partial charge in [0.05, 0.1) is 11.3 Å². The fourth-order valence-corrected chi connectivity index (χ4v) is 3.00. The van der Waals surface area contributed by atoms with Gasteiger partial charge < -0.3 is 21.1 Å². The third-order valence-electron chi connectivity index (χ3n) is 3.29. The summed E-state index contributed by atoms with van der Waals surface area (Å²) < 4.78 is 0.753. The first-order valence-electron chi connectivity index (χ1n) is 6.23. The summed E-state index contributed by atoms with van der Waals surface area (Å²) >= 11 is 3.41. The molecule has 0 spiro atoms. The van der Waals surface area contributed by atoms with Crippen LogP contribution in [0.3, 0.4) is 0 Å². The highest BCUT2D eigenvalue weighted by Crippen LogP contribution is 2.33. The first kappa shape index (κ1) is 14.6. The van der Waals surface area contributed by atoms with Crippen LogP contribution in [0.25, 0.3) is 0 Å². The number of benzene rings is 1. The number of anilines is 2. The number of halogens is 1. The molecule has 7 heteroatoms. The Kier molecular flexibility index (Phi) is 4.17. The van der Waals surface area contributed by atoms with Crippen molar-refractivity contribution in [2.24, 2.45) is 0 Å². The molecule has 1 fully saturated rings. The van der Waals surface area contributed by atoms with Gasteiger partial charge in [-0.3, -0.25) is 4.79 Å². The fourth-order valence-electron chi connectivity index (χ4n) is 2.39. The van der Waals surface area contributed by atoms with Crippen molar-refractivity contribution < 1.29 is 14.7 Å². The maximum Gasteiger partial charge on any atom is 0.337 e. The van der Waals surface area contributed by atoms with E-state index >= 15 is 0 Å². The molecular formula is C13H16BrN3O3. The second kappa shape index (κ2) is 5.70. The molecule has 0 aliphatic carbocycles. The van der Waals surface area contributed by atoms with Gasteiger partial charge in [0.1, 0.15) is 0 Å². The molecule has 6 nitrogen and oxygen atoms in total. The summed E-state index contributed by atoms with van der Waals surface area (Å²) in [4.78, 5) is 24.2. The molecular weight excluding hydrogens is 326 g/mol. The number of carbonyl (C=O) groups is 2. The Morgan fingerprint density at radius 3 is 2.80 bits per heavy atom. The summed E-state index contributed by atoms with van der Waals surface area (Å²) in [6.45, 7) is 2.90. The Morgan fingerprint density at radius 2 is 2.20 bits per heavy atom. The number of nitrogen functional groups attached to an aromatic ring is 1. The number of rotatable bonds is 3. The number of nitrogens with two attached hydrogens (primary N) is 1. The second-order valence-electron chi connectivity index (χ2n) is 4.83. The standard InChI is InChI=1S/C13H16BrN3O3/c1-7(18)16-8-2-3-17(6-8)12-4-9(13(19)20)11(15)5-10(12)14/h4-5,8H,2-3,6,15H2,1H3,(H,16,18)(H,19,20). The lowest BCUT2D eigenvalue weighted by Crippen LogP contribution is -2.35. The summed E-state index contributed by atoms with van der Waals surface area (Å²) in [5.41, 5.74) is 6.80. The van der Waals surface area contributed by atoms with Gasteiger partial charge in [0.15, 0.2) is 0 Å². The molecule has 20 heavy (non-hydrogen) atoms. The Labute approximate surface area is 125 Å². The number of hydrogen-bond donors (Lipinski definition) is 3. The largest absolute Gasteiger partial charge is 0.478 e. The highest BCUT2D eigenvalue weighted by atomic mass is 79.9. The zero-order valence-corrected chi connectivity index (χ0v) is 12.6. The van der Waals surface area contributed by atoms with E-state index in [-0.39, 0.29) is 23.2 Å². The molecule has 2 rings (SSSR count). The van der Waals surface area contributed by atoms with Crippen LogP contribution in [0.4, 0.5) is 11.4 Å². The molecule has 1 saturated heterocycles. The highest BCUT2D eigenvalue weighted by molar-refractivity contribution is 9.10. The maximum absolute atomic E-state index is 11.1. The number of carbonyl (C=O) groups excluding carboxylic acids is 1. The lowest BCUT2D eigenvalue weighted by atomic mass is 10.1. The van der Waals surface area contributed by atoms with Crippen molar-refractivity contribution in [1.82, 2.24) is 5.32 Å². The molecule has 1 aromatic rings. The van der Waals surface area contributed by atoms with Gasteiger partial charge in [0.2, 0.25) is 5.91 Å². The van der Waals surface area contributed by atoms with Crippen molar-refractivity contribution in [2.45, 2.75) is 19.4 Å². The second-order valence-corrected chi connectivity index (χ2v) is 5.68. The molecule has 0 bridgehead atoms. The van der Waals surface area contributed by atoms with E-state index in [9.17, 15) is 9.59 Å². The Balaban J connectivity index is 2.23. The van der Waals surface area contributed by atoms with Crippen molar-refractivity contribution >= 4 is 39.2 Å². The Bertz CT molecular complexity index is 562. The molecule has 0 radical (unpaired) electrons. The van der Waals surface area contributed by atoms with E-state index in [1.54, 1.807) is 12.1 Å². The number of hydrogen-bond acceptors (Lipinski definition) is 4. The van der Waals surface area contributed by atoms with Crippen LogP contribution in [-0.4, -0.2) is 36.1 Å². The quantitative estimate of drug-likeness (QED) is 0.723. The molecule has 1 aliphatic rings. The number of aromatic carboxylic acids is 1. The van der Waals surface area contributed by atoms with E-state index in [2.05, 4.69) is 21.2 Å². The fraction of sp³-hybridized carbons (Fsp3) is 0.385. The highest BCUT2D eigenvalue weighted by Gasteiger charge is 2.25. The maximum atomic E-state index is 11.1. The van der Waals surface area contributed by atoms with Crippen molar-refractivity contribution in [1.29, 1.82) is 0 Å². The van der Waals surface area contributed by atoms with Crippen molar-refractivity contribution in [3.63, 3.8) is 0 Å². The first-order valence-corrected chi connectivity index (χ1v) is 7.02. The van der Waals surface area contributed by atoms with E-state index in [0.29, 0.717) is 6.54 Å². The predicted molar refractivity (Wildman–Crippen MR) is 79.9 cm³/mol. The van der Waals surface area contributed by atoms with Gasteiger partial charge in [-0.1, -0.05) is 0 Å². The molecule has 1 unspecified atom stereocenters. The minimum Gasteiger partial charge on any atom is -0.478 e. The van der Waals surface area contributed by atoms with Gasteiger partial charge in [-0.05, 0) is 34.5 Å². The Hall–Kier alpha value is -1.76. The van der Waals surface area contributed by atoms with Gasteiger partial charge in [0, 0.05) is 36.2 Å². The first-order chi connectivity index (χ1) is 9.38. The van der Waals surface area contributed by atoms with Gasteiger partial charge in [-0.2, -0.15) is 0 Å². The number of carboxylic acid groups (broad SMARTS) is 1. The SMILES string of the molecule is CC(=O)NC1CCN(c2cc(C(=O)O)c(N)cc2Br)C1. The number of nitrogens with one attached hydrogen (secondary N) is 1. The number of carboxylic acids is 1. The average Bonchev–Trinajstić information content (AvgIpc) is 2.75. The molecule has 1 aliphatic heterocycles. The van der Waals surface area contributed by atoms with Crippen molar-refractivity contribution in [3.05, 3.63) is 22.2 Å². The lowest BCUT2D eigenvalue weighted by Gasteiger charge is -2.21. The van der Waals surface area contributed by atoms with Gasteiger partial charge in [0.25, 0.3) is 0 Å². The summed E-state index contributed by atoms with van der Waals surface area (Å²) in [5, 5.41) is 12.0. The zero-order valence-electron chi connectivity index (χ0n) is 11.0. The molecule has 0 aromatic heterocycles. The number of nitrogens with zero attached hydrogens (tertiary/aromatic N) is 1. The third-order valence-corrected chi connectivity index (χ3v) is 3.92. The molecule has 1 aromatic carbocycles. The van der Waals surface area contributed by atoms with Gasteiger partial charge in [-0.15, -0.1) is 0 Å². The summed E-state index contributed by atoms with van der Waals surface area (Å²) in [7, 11) is 0. The third kappa shape index (κ3) is 3.04. The molecule has 4 N–H and O–H groups in total. The van der Waals surface area contributed by atoms with Gasteiger partial charge >= 0.3 is 5.97 Å². The van der Waals surface area contributed by atoms with Crippen LogP contribution >= 0.6 is 15.9 Å². The summed E-state index contributed by atoms with van der Waals surface area (Å²) in [6, 6.07) is 3.26. The number of amides is 1. The normalized spacial score (nSPS) is 18.1. The van der Waals surface area contributed by atoms with Crippen LogP contribution < -0.4 is 16.0 Å². The van der Waals surface area contributed by atoms with E-state index in [4.69, 9.17) is 10.8 Å². The van der Waals surface area contributed by atoms with Crippen LogP contribution in [0.1, 0.15) is 23.7 Å². The zero-order chi connectivity index (χ0) is 14.9. The minimum absolute atomic E-state index is 0.0561. The molecule has 108 valence electrons. The van der Waals surface area contributed by atoms with Crippen molar-refractivity contribution in [2.75, 3.05) is 23.7 Å². The molecule has 0 saturated carbocycles. The smallest absolute Gasteiger partial charge is 0.337 e. The molecule has 1 amide bonds. The Morgan fingerprint density at radius 1 is 1.50 bits per heavy atom. The topological polar surface area (TPSA) is 95.7 Å². The summed E-state index contributed by atoms with van der Waals surface area (Å²) in [6.07, 6.45) is 0.832. The van der Waals surface area contributed by atoms with Gasteiger partial charge in [-0.25, -0.2) is 4.79 Å². The minimum atomic E-state index is -1.05. The van der Waals surface area contributed by atoms with E-state index in [0.717, 1.165) is 23.1 Å². The van der Waals surface area contributed by atoms with Crippen LogP contribution in [0.15, 0.2) is 16.6 Å². The summed E-state index contributed by atoms with van der Waals surface area (Å²) in [5.74, 6) is -1.10. The van der Waals surface area contributed by atoms with E-state index < -0.39 is 5.97 Å². The van der Waals surface area contributed by atoms with E-state index in [1.807, 2.05) is 4.90 Å². The van der Waals surface area contributed by atoms with Crippen LogP contribution in [0, 0.1) is 0 Å². The van der Waals surface area contributed by atoms with Crippen molar-refractivity contribution in [3.8, 4) is 0 Å². The van der Waals surface area contributed by atoms with Crippen LogP contribution in [0.2, 0.25) is 0 Å². The predicted octanol–water partition coefficient (Wildman–Crippen LogP) is 1.44. The average molecular weight is 342 g/mol. The molecule has 1 heterocycles. The lowest BCUT2D eigenvalue weighted by molar-refractivity contribution is -0.119.